The number of hydrogen-bond acceptors (Lipinski definition) is 5. The quantitative estimate of drug-likeness (QED) is 0.518. The van der Waals surface area contributed by atoms with Gasteiger partial charge in [-0.25, -0.2) is 0 Å². The maximum Gasteiger partial charge on any atom is 0.296 e. The Morgan fingerprint density at radius 3 is 2.76 bits per heavy atom. The van der Waals surface area contributed by atoms with E-state index in [9.17, 15) is 20.0 Å². The normalized spacial score (nSPS) is 10.8. The Bertz CT molecular complexity index is 751. The third-order valence-electron chi connectivity index (χ3n) is 3.26. The van der Waals surface area contributed by atoms with E-state index in [1.807, 2.05) is 6.92 Å². The number of unbranched alkanes of at least 4 members (excludes halogenated alkanes) is 1. The van der Waals surface area contributed by atoms with Crippen molar-refractivity contribution in [1.29, 1.82) is 0 Å². The highest BCUT2D eigenvalue weighted by molar-refractivity contribution is 5.89. The van der Waals surface area contributed by atoms with E-state index in [4.69, 9.17) is 4.74 Å². The number of rotatable bonds is 5. The van der Waals surface area contributed by atoms with Crippen molar-refractivity contribution >= 4 is 16.6 Å². The molecule has 7 nitrogen and oxygen atoms in total. The van der Waals surface area contributed by atoms with Crippen molar-refractivity contribution < 1.29 is 14.8 Å². The van der Waals surface area contributed by atoms with E-state index in [1.54, 1.807) is 0 Å². The van der Waals surface area contributed by atoms with E-state index in [2.05, 4.69) is 0 Å². The van der Waals surface area contributed by atoms with Crippen LogP contribution in [-0.4, -0.2) is 21.2 Å². The molecule has 21 heavy (non-hydrogen) atoms. The van der Waals surface area contributed by atoms with Crippen LogP contribution in [0.15, 0.2) is 23.0 Å². The number of ether oxygens (including phenoxy) is 1. The van der Waals surface area contributed by atoms with Gasteiger partial charge in [0.05, 0.1) is 17.0 Å². The summed E-state index contributed by atoms with van der Waals surface area (Å²) in [5, 5.41) is 21.3. The van der Waals surface area contributed by atoms with Gasteiger partial charge in [0.2, 0.25) is 5.75 Å². The van der Waals surface area contributed by atoms with Gasteiger partial charge in [0.25, 0.3) is 11.2 Å². The van der Waals surface area contributed by atoms with Crippen molar-refractivity contribution in [3.05, 3.63) is 38.7 Å². The molecule has 112 valence electrons. The van der Waals surface area contributed by atoms with Crippen molar-refractivity contribution in [2.75, 3.05) is 6.61 Å². The molecule has 0 bridgehead atoms. The van der Waals surface area contributed by atoms with Crippen LogP contribution >= 0.6 is 0 Å². The number of aromatic hydroxyl groups is 1. The number of fused-ring (bicyclic) bond motifs is 1. The first kappa shape index (κ1) is 14.8. The lowest BCUT2D eigenvalue weighted by Crippen LogP contribution is -2.18. The smallest absolute Gasteiger partial charge is 0.296 e. The Kier molecular flexibility index (Phi) is 4.11. The first-order valence-electron chi connectivity index (χ1n) is 6.60. The second kappa shape index (κ2) is 5.82. The fraction of sp³-hybridized carbons (Fsp3) is 0.357. The van der Waals surface area contributed by atoms with Crippen LogP contribution in [0.25, 0.3) is 10.9 Å². The largest absolute Gasteiger partial charge is 0.500 e. The summed E-state index contributed by atoms with van der Waals surface area (Å²) in [7, 11) is 1.45. The number of nitro benzene ring substituents is 1. The molecule has 1 aromatic heterocycles. The van der Waals surface area contributed by atoms with Gasteiger partial charge in [-0.1, -0.05) is 13.3 Å². The minimum Gasteiger partial charge on any atom is -0.500 e. The Morgan fingerprint density at radius 1 is 1.43 bits per heavy atom. The second-order valence-electron chi connectivity index (χ2n) is 4.70. The van der Waals surface area contributed by atoms with Gasteiger partial charge in [0.1, 0.15) is 0 Å². The maximum atomic E-state index is 12.0. The van der Waals surface area contributed by atoms with E-state index in [0.717, 1.165) is 12.8 Å². The molecule has 0 saturated carbocycles. The molecule has 1 heterocycles. The Balaban J connectivity index is 2.67. The number of non-ortho nitro benzene ring substituents is 1. The second-order valence-corrected chi connectivity index (χ2v) is 4.70. The zero-order valence-electron chi connectivity index (χ0n) is 11.8. The number of benzene rings is 1. The average Bonchev–Trinajstić information content (AvgIpc) is 2.48. The predicted molar refractivity (Wildman–Crippen MR) is 77.9 cm³/mol. The van der Waals surface area contributed by atoms with Crippen LogP contribution in [-0.2, 0) is 7.05 Å². The topological polar surface area (TPSA) is 94.6 Å². The number of nitro groups is 1. The highest BCUT2D eigenvalue weighted by atomic mass is 16.6. The third-order valence-corrected chi connectivity index (χ3v) is 3.26. The third kappa shape index (κ3) is 2.67. The van der Waals surface area contributed by atoms with Crippen LogP contribution < -0.4 is 10.3 Å². The zero-order valence-corrected chi connectivity index (χ0v) is 11.8. The monoisotopic (exact) mass is 292 g/mol. The minimum absolute atomic E-state index is 0.0800. The highest BCUT2D eigenvalue weighted by Crippen LogP contribution is 2.33. The van der Waals surface area contributed by atoms with Crippen LogP contribution in [0.4, 0.5) is 5.69 Å². The Morgan fingerprint density at radius 2 is 2.14 bits per heavy atom. The molecule has 0 aliphatic heterocycles. The lowest BCUT2D eigenvalue weighted by Gasteiger charge is -2.13. The summed E-state index contributed by atoms with van der Waals surface area (Å²) in [6.45, 7) is 2.36. The molecule has 0 amide bonds. The highest BCUT2D eigenvalue weighted by Gasteiger charge is 2.18. The molecule has 7 heteroatoms. The number of pyridine rings is 1. The van der Waals surface area contributed by atoms with Crippen molar-refractivity contribution in [3.63, 3.8) is 0 Å². The van der Waals surface area contributed by atoms with E-state index in [1.165, 1.54) is 29.8 Å². The molecule has 2 rings (SSSR count). The molecule has 1 N–H and O–H groups in total. The summed E-state index contributed by atoms with van der Waals surface area (Å²) >= 11 is 0. The molecular weight excluding hydrogens is 276 g/mol. The lowest BCUT2D eigenvalue weighted by atomic mass is 10.1. The lowest BCUT2D eigenvalue weighted by molar-refractivity contribution is -0.384. The van der Waals surface area contributed by atoms with Gasteiger partial charge in [-0.05, 0) is 12.5 Å². The summed E-state index contributed by atoms with van der Waals surface area (Å²) in [6.07, 6.45) is 1.69. The van der Waals surface area contributed by atoms with Gasteiger partial charge >= 0.3 is 0 Å². The van der Waals surface area contributed by atoms with Crippen LogP contribution in [0.1, 0.15) is 19.8 Å². The summed E-state index contributed by atoms with van der Waals surface area (Å²) < 4.78 is 6.66. The zero-order chi connectivity index (χ0) is 15.6. The molecule has 1 aromatic carbocycles. The SMILES string of the molecule is CCCCOc1c(O)c(=O)n(C)c2cc([N+](=O)[O-])ccc12. The van der Waals surface area contributed by atoms with Crippen LogP contribution in [0.2, 0.25) is 0 Å². The van der Waals surface area contributed by atoms with Gasteiger partial charge in [-0.15, -0.1) is 0 Å². The molecule has 0 saturated heterocycles. The Hall–Kier alpha value is -2.57. The molecule has 0 spiro atoms. The summed E-state index contributed by atoms with van der Waals surface area (Å²) in [5.41, 5.74) is -0.421. The van der Waals surface area contributed by atoms with Gasteiger partial charge in [-0.2, -0.15) is 0 Å². The van der Waals surface area contributed by atoms with Crippen molar-refractivity contribution in [2.24, 2.45) is 7.05 Å². The van der Waals surface area contributed by atoms with Gasteiger partial charge in [0, 0.05) is 24.6 Å². The molecule has 0 radical (unpaired) electrons. The molecule has 0 atom stereocenters. The fourth-order valence-corrected chi connectivity index (χ4v) is 2.06. The first-order chi connectivity index (χ1) is 9.97. The number of aryl methyl sites for hydroxylation is 1. The van der Waals surface area contributed by atoms with E-state index in [0.29, 0.717) is 17.5 Å². The standard InChI is InChI=1S/C14H16N2O5/c1-3-4-7-21-13-10-6-5-9(16(19)20)8-11(10)15(2)14(18)12(13)17/h5-6,8,17H,3-4,7H2,1-2H3. The van der Waals surface area contributed by atoms with E-state index in [-0.39, 0.29) is 11.4 Å². The molecule has 0 unspecified atom stereocenters. The van der Waals surface area contributed by atoms with Crippen LogP contribution in [0.3, 0.4) is 0 Å². The molecule has 2 aromatic rings. The van der Waals surface area contributed by atoms with Crippen molar-refractivity contribution in [3.8, 4) is 11.5 Å². The fourth-order valence-electron chi connectivity index (χ4n) is 2.06. The number of nitrogens with zero attached hydrogens (tertiary/aromatic N) is 2. The van der Waals surface area contributed by atoms with Crippen molar-refractivity contribution in [2.45, 2.75) is 19.8 Å². The van der Waals surface area contributed by atoms with Gasteiger partial charge in [-0.3, -0.25) is 14.9 Å². The molecular formula is C14H16N2O5. The summed E-state index contributed by atoms with van der Waals surface area (Å²) in [5.74, 6) is -0.397. The van der Waals surface area contributed by atoms with Crippen molar-refractivity contribution in [1.82, 2.24) is 4.57 Å². The first-order valence-corrected chi connectivity index (χ1v) is 6.60. The maximum absolute atomic E-state index is 12.0. The minimum atomic E-state index is -0.644. The molecule has 0 aliphatic rings. The predicted octanol–water partition coefficient (Wildman–Crippen LogP) is 2.33. The van der Waals surface area contributed by atoms with E-state index < -0.39 is 16.2 Å². The van der Waals surface area contributed by atoms with E-state index >= 15 is 0 Å². The number of aromatic nitrogens is 1. The van der Waals surface area contributed by atoms with Crippen LogP contribution in [0.5, 0.6) is 11.5 Å². The van der Waals surface area contributed by atoms with Gasteiger partial charge < -0.3 is 14.4 Å². The molecule has 0 aliphatic carbocycles. The van der Waals surface area contributed by atoms with Gasteiger partial charge in [0.15, 0.2) is 5.75 Å². The summed E-state index contributed by atoms with van der Waals surface area (Å²) in [4.78, 5) is 22.3. The number of hydrogen-bond donors (Lipinski definition) is 1. The summed E-state index contributed by atoms with van der Waals surface area (Å²) in [6, 6.07) is 4.09. The average molecular weight is 292 g/mol. The van der Waals surface area contributed by atoms with Crippen LogP contribution in [0, 0.1) is 10.1 Å². The molecule has 0 fully saturated rings. The Labute approximate surface area is 120 Å².